The van der Waals surface area contributed by atoms with Crippen LogP contribution in [-0.4, -0.2) is 75.8 Å². The second-order valence-corrected chi connectivity index (χ2v) is 9.74. The number of morpholine rings is 1. The van der Waals surface area contributed by atoms with Crippen molar-refractivity contribution in [3.63, 3.8) is 0 Å². The third-order valence-corrected chi connectivity index (χ3v) is 6.99. The minimum atomic E-state index is 0.317. The molecule has 1 saturated carbocycles. The summed E-state index contributed by atoms with van der Waals surface area (Å²) in [6.45, 7) is 8.75. The standard InChI is InChI=1S/C24H36N6O3/c1-17-12-29(13-18(2)33-17)20-4-6-21(7-5-20)30-14-22(27-24-25-9-3-10-26-24)23(28-30)32-11-8-19-15-31-16-19/h3,9-10,14,17-21H,4-8,11-13,15-16H2,1-2H3,(H,25,26,27)/t17-,18+,20?,21?. The summed E-state index contributed by atoms with van der Waals surface area (Å²) < 4.78 is 19.4. The maximum Gasteiger partial charge on any atom is 0.256 e. The zero-order chi connectivity index (χ0) is 22.6. The summed E-state index contributed by atoms with van der Waals surface area (Å²) in [5, 5.41) is 8.13. The van der Waals surface area contributed by atoms with Gasteiger partial charge in [0.15, 0.2) is 0 Å². The summed E-state index contributed by atoms with van der Waals surface area (Å²) in [6, 6.07) is 2.83. The maximum atomic E-state index is 6.10. The van der Waals surface area contributed by atoms with Crippen molar-refractivity contribution in [2.24, 2.45) is 5.92 Å². The van der Waals surface area contributed by atoms with Crippen molar-refractivity contribution in [2.45, 2.75) is 70.2 Å². The van der Waals surface area contributed by atoms with Crippen molar-refractivity contribution in [1.82, 2.24) is 24.6 Å². The molecule has 5 rings (SSSR count). The van der Waals surface area contributed by atoms with E-state index >= 15 is 0 Å². The first kappa shape index (κ1) is 22.6. The Bertz CT molecular complexity index is 872. The summed E-state index contributed by atoms with van der Waals surface area (Å²) in [5.41, 5.74) is 0.823. The van der Waals surface area contributed by atoms with Gasteiger partial charge in [-0.2, -0.15) is 0 Å². The van der Waals surface area contributed by atoms with Crippen LogP contribution < -0.4 is 10.1 Å². The summed E-state index contributed by atoms with van der Waals surface area (Å²) in [7, 11) is 0. The zero-order valence-corrected chi connectivity index (χ0v) is 19.7. The van der Waals surface area contributed by atoms with E-state index in [0.717, 1.165) is 51.3 Å². The van der Waals surface area contributed by atoms with Gasteiger partial charge in [0.1, 0.15) is 5.69 Å². The topological polar surface area (TPSA) is 86.6 Å². The van der Waals surface area contributed by atoms with Crippen LogP contribution in [0, 0.1) is 5.92 Å². The van der Waals surface area contributed by atoms with Crippen LogP contribution in [0.3, 0.4) is 0 Å². The predicted molar refractivity (Wildman–Crippen MR) is 125 cm³/mol. The smallest absolute Gasteiger partial charge is 0.256 e. The molecule has 2 aliphatic heterocycles. The van der Waals surface area contributed by atoms with Gasteiger partial charge in [-0.15, -0.1) is 5.10 Å². The van der Waals surface area contributed by atoms with Gasteiger partial charge < -0.3 is 19.5 Å². The minimum absolute atomic E-state index is 0.317. The summed E-state index contributed by atoms with van der Waals surface area (Å²) in [5.74, 6) is 1.77. The van der Waals surface area contributed by atoms with Gasteiger partial charge in [-0.1, -0.05) is 0 Å². The van der Waals surface area contributed by atoms with Gasteiger partial charge in [-0.25, -0.2) is 9.97 Å². The van der Waals surface area contributed by atoms with E-state index in [-0.39, 0.29) is 0 Å². The van der Waals surface area contributed by atoms with Gasteiger partial charge >= 0.3 is 0 Å². The molecule has 2 aromatic heterocycles. The van der Waals surface area contributed by atoms with Crippen LogP contribution in [0.5, 0.6) is 5.88 Å². The fourth-order valence-corrected chi connectivity index (χ4v) is 5.22. The third-order valence-electron chi connectivity index (χ3n) is 6.99. The molecule has 9 nitrogen and oxygen atoms in total. The number of aromatic nitrogens is 4. The number of hydrogen-bond acceptors (Lipinski definition) is 8. The van der Waals surface area contributed by atoms with Crippen molar-refractivity contribution >= 4 is 11.6 Å². The van der Waals surface area contributed by atoms with E-state index < -0.39 is 0 Å². The van der Waals surface area contributed by atoms with Crippen LogP contribution in [0.4, 0.5) is 11.6 Å². The highest BCUT2D eigenvalue weighted by Crippen LogP contribution is 2.35. The summed E-state index contributed by atoms with van der Waals surface area (Å²) >= 11 is 0. The largest absolute Gasteiger partial charge is 0.475 e. The third kappa shape index (κ3) is 5.65. The van der Waals surface area contributed by atoms with Crippen LogP contribution in [0.15, 0.2) is 24.7 Å². The Morgan fingerprint density at radius 3 is 2.39 bits per heavy atom. The molecule has 2 atom stereocenters. The van der Waals surface area contributed by atoms with Crippen LogP contribution >= 0.6 is 0 Å². The molecule has 1 aliphatic carbocycles. The Hall–Kier alpha value is -2.23. The fraction of sp³-hybridized carbons (Fsp3) is 0.708. The first-order valence-corrected chi connectivity index (χ1v) is 12.4. The fourth-order valence-electron chi connectivity index (χ4n) is 5.22. The number of hydrogen-bond donors (Lipinski definition) is 1. The first-order valence-electron chi connectivity index (χ1n) is 12.4. The molecule has 33 heavy (non-hydrogen) atoms. The lowest BCUT2D eigenvalue weighted by atomic mass is 9.89. The molecule has 2 aromatic rings. The number of ether oxygens (including phenoxy) is 3. The second kappa shape index (κ2) is 10.4. The second-order valence-electron chi connectivity index (χ2n) is 9.74. The average Bonchev–Trinajstić information content (AvgIpc) is 3.18. The van der Waals surface area contributed by atoms with Crippen molar-refractivity contribution in [1.29, 1.82) is 0 Å². The normalized spacial score (nSPS) is 28.9. The molecule has 0 unspecified atom stereocenters. The van der Waals surface area contributed by atoms with Gasteiger partial charge in [-0.05, 0) is 52.0 Å². The molecule has 0 bridgehead atoms. The van der Waals surface area contributed by atoms with E-state index in [1.165, 1.54) is 12.8 Å². The zero-order valence-electron chi connectivity index (χ0n) is 19.7. The minimum Gasteiger partial charge on any atom is -0.475 e. The first-order chi connectivity index (χ1) is 16.1. The van der Waals surface area contributed by atoms with Gasteiger partial charge in [0.05, 0.1) is 44.3 Å². The highest BCUT2D eigenvalue weighted by Gasteiger charge is 2.32. The number of nitrogens with one attached hydrogen (secondary N) is 1. The highest BCUT2D eigenvalue weighted by atomic mass is 16.5. The van der Waals surface area contributed by atoms with Crippen molar-refractivity contribution < 1.29 is 14.2 Å². The van der Waals surface area contributed by atoms with Crippen molar-refractivity contribution in [3.8, 4) is 5.88 Å². The van der Waals surface area contributed by atoms with Crippen LogP contribution in [0.1, 0.15) is 52.0 Å². The van der Waals surface area contributed by atoms with Crippen molar-refractivity contribution in [3.05, 3.63) is 24.7 Å². The maximum absolute atomic E-state index is 6.10. The van der Waals surface area contributed by atoms with Crippen molar-refractivity contribution in [2.75, 3.05) is 38.2 Å². The van der Waals surface area contributed by atoms with Gasteiger partial charge in [0.2, 0.25) is 5.95 Å². The van der Waals surface area contributed by atoms with Gasteiger partial charge in [-0.3, -0.25) is 9.58 Å². The van der Waals surface area contributed by atoms with E-state index in [2.05, 4.69) is 44.9 Å². The molecule has 0 spiro atoms. The molecule has 0 amide bonds. The van der Waals surface area contributed by atoms with Crippen LogP contribution in [0.25, 0.3) is 0 Å². The Balaban J connectivity index is 1.23. The monoisotopic (exact) mass is 456 g/mol. The van der Waals surface area contributed by atoms with Crippen LogP contribution in [0.2, 0.25) is 0 Å². The predicted octanol–water partition coefficient (Wildman–Crippen LogP) is 3.42. The average molecular weight is 457 g/mol. The van der Waals surface area contributed by atoms with Crippen LogP contribution in [-0.2, 0) is 9.47 Å². The molecule has 4 heterocycles. The molecular formula is C24H36N6O3. The number of nitrogens with zero attached hydrogens (tertiary/aromatic N) is 5. The highest BCUT2D eigenvalue weighted by molar-refractivity contribution is 5.58. The quantitative estimate of drug-likeness (QED) is 0.647. The van der Waals surface area contributed by atoms with E-state index in [1.54, 1.807) is 18.5 Å². The molecular weight excluding hydrogens is 420 g/mol. The summed E-state index contributed by atoms with van der Waals surface area (Å²) in [6.07, 6.45) is 11.7. The number of anilines is 2. The van der Waals surface area contributed by atoms with E-state index in [1.807, 2.05) is 0 Å². The Kier molecular flexibility index (Phi) is 7.08. The Morgan fingerprint density at radius 1 is 1.03 bits per heavy atom. The molecule has 1 N–H and O–H groups in total. The van der Waals surface area contributed by atoms with Gasteiger partial charge in [0, 0.05) is 37.4 Å². The van der Waals surface area contributed by atoms with E-state index in [4.69, 9.17) is 19.3 Å². The lowest BCUT2D eigenvalue weighted by molar-refractivity contribution is -0.0852. The van der Waals surface area contributed by atoms with E-state index in [0.29, 0.717) is 48.6 Å². The molecule has 0 radical (unpaired) electrons. The molecule has 3 aliphatic rings. The molecule has 0 aromatic carbocycles. The molecule has 3 fully saturated rings. The van der Waals surface area contributed by atoms with E-state index in [9.17, 15) is 0 Å². The molecule has 2 saturated heterocycles. The Morgan fingerprint density at radius 2 is 1.73 bits per heavy atom. The SMILES string of the molecule is C[C@@H]1CN(C2CCC(n3cc(Nc4ncccn4)c(OCCC4COC4)n3)CC2)C[C@H](C)O1. The lowest BCUT2D eigenvalue weighted by Crippen LogP contribution is -2.51. The number of rotatable bonds is 8. The summed E-state index contributed by atoms with van der Waals surface area (Å²) in [4.78, 5) is 11.2. The van der Waals surface area contributed by atoms with Gasteiger partial charge in [0.25, 0.3) is 5.88 Å². The molecule has 9 heteroatoms. The molecule has 180 valence electrons. The lowest BCUT2D eigenvalue weighted by Gasteiger charge is -2.42. The Labute approximate surface area is 195 Å².